The molecule has 1 aromatic rings. The Balaban J connectivity index is 2.21. The van der Waals surface area contributed by atoms with E-state index in [0.29, 0.717) is 0 Å². The van der Waals surface area contributed by atoms with Crippen molar-refractivity contribution in [2.45, 2.75) is 32.3 Å². The number of carbonyl (C=O) groups is 1. The Morgan fingerprint density at radius 3 is 2.33 bits per heavy atom. The summed E-state index contributed by atoms with van der Waals surface area (Å²) in [5.41, 5.74) is -1.00. The number of carbonyl (C=O) groups excluding carboxylic acids is 1. The second-order valence-corrected chi connectivity index (χ2v) is 6.49. The summed E-state index contributed by atoms with van der Waals surface area (Å²) in [7, 11) is 0. The van der Waals surface area contributed by atoms with Crippen LogP contribution in [0.1, 0.15) is 26.3 Å². The van der Waals surface area contributed by atoms with Crippen molar-refractivity contribution in [3.8, 4) is 0 Å². The molecule has 1 aliphatic heterocycles. The fourth-order valence-corrected chi connectivity index (χ4v) is 2.30. The summed E-state index contributed by atoms with van der Waals surface area (Å²) < 4.78 is 33.9. The first-order chi connectivity index (χ1) is 11.0. The van der Waals surface area contributed by atoms with Crippen molar-refractivity contribution in [3.63, 3.8) is 0 Å². The SMILES string of the molecule is CC(C)(C)OC(=O)N1CC=C(c2ccc([N+](=O)[O-])cc2)C(F)(F)C1. The minimum atomic E-state index is -3.27. The average Bonchev–Trinajstić information content (AvgIpc) is 2.44. The number of hydrogen-bond donors (Lipinski definition) is 0. The predicted octanol–water partition coefficient (Wildman–Crippen LogP) is 3.86. The minimum absolute atomic E-state index is 0.0170. The van der Waals surface area contributed by atoms with Gasteiger partial charge in [-0.15, -0.1) is 0 Å². The largest absolute Gasteiger partial charge is 0.444 e. The van der Waals surface area contributed by atoms with E-state index in [1.807, 2.05) is 0 Å². The lowest BCUT2D eigenvalue weighted by atomic mass is 9.96. The molecule has 1 aromatic carbocycles. The monoisotopic (exact) mass is 340 g/mol. The zero-order chi connectivity index (χ0) is 18.1. The molecule has 2 rings (SSSR count). The Hall–Kier alpha value is -2.51. The van der Waals surface area contributed by atoms with Gasteiger partial charge in [0.1, 0.15) is 5.60 Å². The molecule has 0 bridgehead atoms. The number of nitro groups is 1. The smallest absolute Gasteiger partial charge is 0.410 e. The summed E-state index contributed by atoms with van der Waals surface area (Å²) >= 11 is 0. The topological polar surface area (TPSA) is 72.7 Å². The maximum atomic E-state index is 14.4. The fourth-order valence-electron chi connectivity index (χ4n) is 2.30. The number of benzene rings is 1. The maximum absolute atomic E-state index is 14.4. The van der Waals surface area contributed by atoms with E-state index in [1.165, 1.54) is 30.3 Å². The number of nitrogens with zero attached hydrogens (tertiary/aromatic N) is 2. The first-order valence-electron chi connectivity index (χ1n) is 7.31. The highest BCUT2D eigenvalue weighted by Crippen LogP contribution is 2.37. The molecule has 1 aliphatic rings. The molecule has 6 nitrogen and oxygen atoms in total. The average molecular weight is 340 g/mol. The minimum Gasteiger partial charge on any atom is -0.444 e. The van der Waals surface area contributed by atoms with Crippen LogP contribution in [0.25, 0.3) is 5.57 Å². The van der Waals surface area contributed by atoms with Crippen molar-refractivity contribution in [1.29, 1.82) is 0 Å². The molecule has 8 heteroatoms. The molecule has 0 aromatic heterocycles. The molecule has 130 valence electrons. The highest BCUT2D eigenvalue weighted by molar-refractivity contribution is 5.76. The van der Waals surface area contributed by atoms with Gasteiger partial charge in [-0.3, -0.25) is 15.0 Å². The standard InChI is InChI=1S/C16H18F2N2O4/c1-15(2,3)24-14(21)19-9-8-13(16(17,18)10-19)11-4-6-12(7-5-11)20(22)23/h4-8H,9-10H2,1-3H3. The van der Waals surface area contributed by atoms with Crippen LogP contribution in [0.2, 0.25) is 0 Å². The maximum Gasteiger partial charge on any atom is 0.410 e. The van der Waals surface area contributed by atoms with Gasteiger partial charge in [0.15, 0.2) is 0 Å². The number of nitro benzene ring substituents is 1. The Morgan fingerprint density at radius 1 is 1.29 bits per heavy atom. The van der Waals surface area contributed by atoms with Crippen LogP contribution >= 0.6 is 0 Å². The van der Waals surface area contributed by atoms with Crippen LogP contribution in [0, 0.1) is 10.1 Å². The van der Waals surface area contributed by atoms with Gasteiger partial charge in [0.2, 0.25) is 0 Å². The van der Waals surface area contributed by atoms with Crippen molar-refractivity contribution in [2.24, 2.45) is 0 Å². The van der Waals surface area contributed by atoms with Crippen LogP contribution in [-0.4, -0.2) is 40.5 Å². The molecule has 0 spiro atoms. The molecular weight excluding hydrogens is 322 g/mol. The van der Waals surface area contributed by atoms with Gasteiger partial charge < -0.3 is 4.74 Å². The number of amides is 1. The Morgan fingerprint density at radius 2 is 1.88 bits per heavy atom. The lowest BCUT2D eigenvalue weighted by Crippen LogP contribution is -2.46. The fraction of sp³-hybridized carbons (Fsp3) is 0.438. The van der Waals surface area contributed by atoms with Gasteiger partial charge in [-0.1, -0.05) is 6.08 Å². The number of non-ortho nitro benzene ring substituents is 1. The predicted molar refractivity (Wildman–Crippen MR) is 83.8 cm³/mol. The van der Waals surface area contributed by atoms with E-state index in [0.717, 1.165) is 4.90 Å². The van der Waals surface area contributed by atoms with Gasteiger partial charge in [0, 0.05) is 24.3 Å². The van der Waals surface area contributed by atoms with Crippen molar-refractivity contribution in [3.05, 3.63) is 46.0 Å². The molecule has 0 aliphatic carbocycles. The second-order valence-electron chi connectivity index (χ2n) is 6.49. The van der Waals surface area contributed by atoms with Crippen molar-refractivity contribution < 1.29 is 23.2 Å². The number of halogens is 2. The highest BCUT2D eigenvalue weighted by atomic mass is 19.3. The van der Waals surface area contributed by atoms with Gasteiger partial charge in [-0.25, -0.2) is 4.79 Å². The first kappa shape index (κ1) is 17.8. The van der Waals surface area contributed by atoms with E-state index in [4.69, 9.17) is 4.74 Å². The second kappa shape index (κ2) is 6.18. The van der Waals surface area contributed by atoms with Crippen LogP contribution in [0.4, 0.5) is 19.3 Å². The Kier molecular flexibility index (Phi) is 4.59. The molecule has 0 radical (unpaired) electrons. The zero-order valence-electron chi connectivity index (χ0n) is 13.6. The van der Waals surface area contributed by atoms with Crippen molar-refractivity contribution in [1.82, 2.24) is 4.90 Å². The number of alkyl halides is 2. The third-order valence-corrected chi connectivity index (χ3v) is 3.34. The lowest BCUT2D eigenvalue weighted by Gasteiger charge is -2.34. The zero-order valence-corrected chi connectivity index (χ0v) is 13.6. The Bertz CT molecular complexity index is 678. The van der Waals surface area contributed by atoms with Gasteiger partial charge in [-0.2, -0.15) is 8.78 Å². The molecule has 0 N–H and O–H groups in total. The number of hydrogen-bond acceptors (Lipinski definition) is 4. The van der Waals surface area contributed by atoms with E-state index in [2.05, 4.69) is 0 Å². The van der Waals surface area contributed by atoms with Crippen LogP contribution in [0.5, 0.6) is 0 Å². The molecule has 0 fully saturated rings. The van der Waals surface area contributed by atoms with Crippen LogP contribution in [0.15, 0.2) is 30.3 Å². The summed E-state index contributed by atoms with van der Waals surface area (Å²) in [4.78, 5) is 22.9. The quantitative estimate of drug-likeness (QED) is 0.605. The molecule has 24 heavy (non-hydrogen) atoms. The van der Waals surface area contributed by atoms with Crippen LogP contribution < -0.4 is 0 Å². The Labute approximate surface area is 137 Å². The molecular formula is C16H18F2N2O4. The van der Waals surface area contributed by atoms with Crippen molar-refractivity contribution in [2.75, 3.05) is 13.1 Å². The van der Waals surface area contributed by atoms with E-state index >= 15 is 0 Å². The lowest BCUT2D eigenvalue weighted by molar-refractivity contribution is -0.384. The molecule has 0 atom stereocenters. The highest BCUT2D eigenvalue weighted by Gasteiger charge is 2.42. The summed E-state index contributed by atoms with van der Waals surface area (Å²) in [5.74, 6) is -3.27. The molecule has 0 unspecified atom stereocenters. The van der Waals surface area contributed by atoms with E-state index in [-0.39, 0.29) is 23.4 Å². The van der Waals surface area contributed by atoms with Crippen molar-refractivity contribution >= 4 is 17.4 Å². The van der Waals surface area contributed by atoms with E-state index in [9.17, 15) is 23.7 Å². The van der Waals surface area contributed by atoms with E-state index in [1.54, 1.807) is 20.8 Å². The van der Waals surface area contributed by atoms with Crippen LogP contribution in [-0.2, 0) is 4.74 Å². The van der Waals surface area contributed by atoms with Gasteiger partial charge >= 0.3 is 6.09 Å². The summed E-state index contributed by atoms with van der Waals surface area (Å²) in [5, 5.41) is 10.6. The van der Waals surface area contributed by atoms with Gasteiger partial charge in [-0.05, 0) is 38.5 Å². The van der Waals surface area contributed by atoms with Gasteiger partial charge in [0.25, 0.3) is 11.6 Å². The molecule has 0 saturated heterocycles. The number of rotatable bonds is 2. The molecule has 1 heterocycles. The summed E-state index contributed by atoms with van der Waals surface area (Å²) in [6.07, 6.45) is 0.440. The van der Waals surface area contributed by atoms with Crippen LogP contribution in [0.3, 0.4) is 0 Å². The molecule has 1 amide bonds. The third kappa shape index (κ3) is 4.06. The number of ether oxygens (including phenoxy) is 1. The summed E-state index contributed by atoms with van der Waals surface area (Å²) in [6.45, 7) is 4.16. The normalized spacial score (nSPS) is 17.2. The molecule has 0 saturated carbocycles. The summed E-state index contributed by atoms with van der Waals surface area (Å²) in [6, 6.07) is 4.90. The van der Waals surface area contributed by atoms with Gasteiger partial charge in [0.05, 0.1) is 11.5 Å². The van der Waals surface area contributed by atoms with E-state index < -0.39 is 29.1 Å². The first-order valence-corrected chi connectivity index (χ1v) is 7.31. The third-order valence-electron chi connectivity index (χ3n) is 3.34.